The highest BCUT2D eigenvalue weighted by Crippen LogP contribution is 2.40. The fourth-order valence-corrected chi connectivity index (χ4v) is 5.23. The molecule has 39 heavy (non-hydrogen) atoms. The van der Waals surface area contributed by atoms with E-state index >= 15 is 0 Å². The van der Waals surface area contributed by atoms with Crippen molar-refractivity contribution >= 4 is 22.6 Å². The Kier molecular flexibility index (Phi) is 8.91. The van der Waals surface area contributed by atoms with Crippen molar-refractivity contribution in [3.8, 4) is 5.75 Å². The van der Waals surface area contributed by atoms with Crippen LogP contribution in [0, 0.1) is 22.9 Å². The van der Waals surface area contributed by atoms with Gasteiger partial charge < -0.3 is 25.2 Å². The van der Waals surface area contributed by atoms with Crippen LogP contribution in [-0.2, 0) is 11.5 Å². The molecule has 0 radical (unpaired) electrons. The largest absolute Gasteiger partial charge is 0.497 e. The number of benzene rings is 2. The van der Waals surface area contributed by atoms with Crippen molar-refractivity contribution in [3.63, 3.8) is 0 Å². The topological polar surface area (TPSA) is 94.9 Å². The van der Waals surface area contributed by atoms with Crippen LogP contribution < -0.4 is 10.1 Å². The van der Waals surface area contributed by atoms with E-state index in [-0.39, 0.29) is 30.6 Å². The zero-order valence-corrected chi connectivity index (χ0v) is 21.5. The standard InChI is InChI=1S/C28H31F4N3O4/c1-39-19-2-3-22-20(14-19)25(17(15-29)16-34-22)24(36)4-5-28(27(37)38)6-9-35(10-7-28)11-8-33-23-13-18(30)12-21(31)26(23)32/h2-3,12-14,16,24,33,36H,4-11,15H2,1H3,(H,37,38)/t24-/m1/s1. The van der Waals surface area contributed by atoms with Crippen molar-refractivity contribution in [3.05, 3.63) is 65.1 Å². The van der Waals surface area contributed by atoms with Crippen LogP contribution in [0.25, 0.3) is 10.9 Å². The second-order valence-corrected chi connectivity index (χ2v) is 9.87. The number of nitrogens with zero attached hydrogens (tertiary/aromatic N) is 2. The molecule has 2 aromatic carbocycles. The number of carboxylic acid groups (broad SMARTS) is 1. The number of pyridine rings is 1. The summed E-state index contributed by atoms with van der Waals surface area (Å²) >= 11 is 0. The Morgan fingerprint density at radius 1 is 1.21 bits per heavy atom. The number of anilines is 1. The molecule has 1 aromatic heterocycles. The van der Waals surface area contributed by atoms with E-state index in [1.54, 1.807) is 18.2 Å². The van der Waals surface area contributed by atoms with Gasteiger partial charge in [-0.05, 0) is 62.5 Å². The predicted octanol–water partition coefficient (Wildman–Crippen LogP) is 5.22. The molecule has 7 nitrogen and oxygen atoms in total. The number of nitrogens with one attached hydrogen (secondary N) is 1. The van der Waals surface area contributed by atoms with Gasteiger partial charge in [0.25, 0.3) is 0 Å². The molecule has 1 aliphatic heterocycles. The highest BCUT2D eigenvalue weighted by molar-refractivity contribution is 5.85. The predicted molar refractivity (Wildman–Crippen MR) is 138 cm³/mol. The van der Waals surface area contributed by atoms with E-state index in [1.165, 1.54) is 13.3 Å². The first kappa shape index (κ1) is 28.6. The average molecular weight is 550 g/mol. The number of ether oxygens (including phenoxy) is 1. The van der Waals surface area contributed by atoms with E-state index in [1.807, 2.05) is 4.90 Å². The van der Waals surface area contributed by atoms with E-state index < -0.39 is 41.6 Å². The number of rotatable bonds is 11. The molecule has 0 amide bonds. The number of hydrogen-bond donors (Lipinski definition) is 3. The summed E-state index contributed by atoms with van der Waals surface area (Å²) in [6.07, 6.45) is 1.22. The van der Waals surface area contributed by atoms with Crippen molar-refractivity contribution in [1.82, 2.24) is 9.88 Å². The summed E-state index contributed by atoms with van der Waals surface area (Å²) in [6.45, 7) is 0.680. The number of alkyl halides is 1. The first-order chi connectivity index (χ1) is 18.7. The lowest BCUT2D eigenvalue weighted by atomic mass is 9.74. The van der Waals surface area contributed by atoms with Crippen LogP contribution in [0.4, 0.5) is 23.2 Å². The van der Waals surface area contributed by atoms with E-state index in [0.717, 1.165) is 6.07 Å². The van der Waals surface area contributed by atoms with Crippen molar-refractivity contribution in [1.29, 1.82) is 0 Å². The molecule has 0 spiro atoms. The molecule has 3 N–H and O–H groups in total. The van der Waals surface area contributed by atoms with Crippen LogP contribution in [0.1, 0.15) is 42.9 Å². The Hall–Kier alpha value is -3.44. The van der Waals surface area contributed by atoms with Crippen LogP contribution in [-0.4, -0.2) is 59.4 Å². The second kappa shape index (κ2) is 12.2. The third-order valence-corrected chi connectivity index (χ3v) is 7.58. The van der Waals surface area contributed by atoms with E-state index in [2.05, 4.69) is 10.3 Å². The maximum Gasteiger partial charge on any atom is 0.309 e. The smallest absolute Gasteiger partial charge is 0.309 e. The lowest BCUT2D eigenvalue weighted by molar-refractivity contribution is -0.153. The SMILES string of the molecule is COc1ccc2ncc(CF)c([C@H](O)CCC3(C(=O)O)CCN(CCNc4cc(F)cc(F)c4F)CC3)c2c1. The number of aliphatic hydroxyl groups excluding tert-OH is 1. The maximum atomic E-state index is 13.8. The molecule has 1 atom stereocenters. The van der Waals surface area contributed by atoms with Gasteiger partial charge in [-0.3, -0.25) is 9.78 Å². The second-order valence-electron chi connectivity index (χ2n) is 9.87. The summed E-state index contributed by atoms with van der Waals surface area (Å²) in [6, 6.07) is 6.47. The minimum absolute atomic E-state index is 0.113. The molecule has 210 valence electrons. The van der Waals surface area contributed by atoms with Gasteiger partial charge in [-0.15, -0.1) is 0 Å². The molecule has 0 aliphatic carbocycles. The van der Waals surface area contributed by atoms with Crippen molar-refractivity contribution < 1.29 is 37.3 Å². The summed E-state index contributed by atoms with van der Waals surface area (Å²) in [7, 11) is 1.50. The molecule has 11 heteroatoms. The van der Waals surface area contributed by atoms with Crippen LogP contribution in [0.5, 0.6) is 5.75 Å². The Morgan fingerprint density at radius 2 is 1.95 bits per heavy atom. The third-order valence-electron chi connectivity index (χ3n) is 7.58. The summed E-state index contributed by atoms with van der Waals surface area (Å²) in [5, 5.41) is 24.5. The third kappa shape index (κ3) is 6.25. The number of fused-ring (bicyclic) bond motifs is 1. The minimum Gasteiger partial charge on any atom is -0.497 e. The Morgan fingerprint density at radius 3 is 2.62 bits per heavy atom. The average Bonchev–Trinajstić information content (AvgIpc) is 2.93. The molecule has 0 bridgehead atoms. The van der Waals surface area contributed by atoms with Crippen molar-refractivity contribution in [2.45, 2.75) is 38.5 Å². The summed E-state index contributed by atoms with van der Waals surface area (Å²) in [4.78, 5) is 18.6. The van der Waals surface area contributed by atoms with Crippen LogP contribution >= 0.6 is 0 Å². The molecule has 1 saturated heterocycles. The first-order valence-electron chi connectivity index (χ1n) is 12.7. The highest BCUT2D eigenvalue weighted by Gasteiger charge is 2.41. The van der Waals surface area contributed by atoms with Gasteiger partial charge in [0.1, 0.15) is 18.2 Å². The molecular weight excluding hydrogens is 518 g/mol. The number of methoxy groups -OCH3 is 1. The number of halogens is 4. The van der Waals surface area contributed by atoms with Gasteiger partial charge >= 0.3 is 5.97 Å². The summed E-state index contributed by atoms with van der Waals surface area (Å²) in [5.41, 5.74) is -0.153. The lowest BCUT2D eigenvalue weighted by Crippen LogP contribution is -2.45. The number of piperidine rings is 1. The normalized spacial score (nSPS) is 16.3. The Balaban J connectivity index is 1.39. The number of aliphatic hydroxyl groups is 1. The molecule has 1 aliphatic rings. The molecule has 1 fully saturated rings. The number of aromatic nitrogens is 1. The van der Waals surface area contributed by atoms with Crippen LogP contribution in [0.15, 0.2) is 36.5 Å². The monoisotopic (exact) mass is 549 g/mol. The van der Waals surface area contributed by atoms with Gasteiger partial charge in [-0.1, -0.05) is 0 Å². The zero-order valence-electron chi connectivity index (χ0n) is 21.5. The molecule has 0 saturated carbocycles. The first-order valence-corrected chi connectivity index (χ1v) is 12.7. The number of carbonyl (C=O) groups is 1. The van der Waals surface area contributed by atoms with Gasteiger partial charge in [-0.2, -0.15) is 0 Å². The Bertz CT molecular complexity index is 1330. The highest BCUT2D eigenvalue weighted by atomic mass is 19.2. The summed E-state index contributed by atoms with van der Waals surface area (Å²) < 4.78 is 59.7. The zero-order chi connectivity index (χ0) is 28.2. The molecule has 4 rings (SSSR count). The minimum atomic E-state index is -1.28. The van der Waals surface area contributed by atoms with Crippen LogP contribution in [0.2, 0.25) is 0 Å². The van der Waals surface area contributed by atoms with Crippen LogP contribution in [0.3, 0.4) is 0 Å². The maximum absolute atomic E-state index is 13.8. The van der Waals surface area contributed by atoms with Gasteiger partial charge in [0.2, 0.25) is 0 Å². The molecule has 2 heterocycles. The van der Waals surface area contributed by atoms with E-state index in [4.69, 9.17) is 4.74 Å². The number of likely N-dealkylation sites (tertiary alicyclic amines) is 1. The van der Waals surface area contributed by atoms with Gasteiger partial charge in [0.15, 0.2) is 11.6 Å². The fourth-order valence-electron chi connectivity index (χ4n) is 5.23. The van der Waals surface area contributed by atoms with E-state index in [0.29, 0.717) is 60.8 Å². The summed E-state index contributed by atoms with van der Waals surface area (Å²) in [5.74, 6) is -3.75. The van der Waals surface area contributed by atoms with Gasteiger partial charge in [-0.25, -0.2) is 17.6 Å². The number of hydrogen-bond acceptors (Lipinski definition) is 6. The lowest BCUT2D eigenvalue weighted by Gasteiger charge is -2.39. The van der Waals surface area contributed by atoms with Gasteiger partial charge in [0.05, 0.1) is 29.8 Å². The Labute approximate surface area is 223 Å². The molecule has 3 aromatic rings. The molecule has 0 unspecified atom stereocenters. The number of aliphatic carboxylic acids is 1. The molecular formula is C28H31F4N3O4. The quantitative estimate of drug-likeness (QED) is 0.223. The van der Waals surface area contributed by atoms with Crippen molar-refractivity contribution in [2.24, 2.45) is 5.41 Å². The fraction of sp³-hybridized carbons (Fsp3) is 0.429. The van der Waals surface area contributed by atoms with Gasteiger partial charge in [0, 0.05) is 42.4 Å². The number of carboxylic acids is 1. The van der Waals surface area contributed by atoms with Crippen molar-refractivity contribution in [2.75, 3.05) is 38.6 Å². The van der Waals surface area contributed by atoms with E-state index in [9.17, 15) is 32.6 Å².